The zero-order chi connectivity index (χ0) is 34.6. The molecule has 0 radical (unpaired) electrons. The molecule has 0 heterocycles. The molecule has 1 aromatic carbocycles. The molecule has 2 rings (SSSR count). The summed E-state index contributed by atoms with van der Waals surface area (Å²) in [4.78, 5) is 13.1. The van der Waals surface area contributed by atoms with Gasteiger partial charge >= 0.3 is 0 Å². The Balaban J connectivity index is 1.96. The zero-order valence-electron chi connectivity index (χ0n) is 30.6. The number of carbonyl (C=O) groups is 1. The van der Waals surface area contributed by atoms with Crippen molar-refractivity contribution < 1.29 is 9.35 Å². The van der Waals surface area contributed by atoms with E-state index in [1.807, 2.05) is 6.20 Å². The van der Waals surface area contributed by atoms with Gasteiger partial charge in [0, 0.05) is 37.4 Å². The number of aryl methyl sites for hydroxylation is 1. The number of hydrazine groups is 1. The third-order valence-electron chi connectivity index (χ3n) is 10.1. The lowest BCUT2D eigenvalue weighted by molar-refractivity contribution is -0.120. The molecule has 0 aliphatic heterocycles. The number of Topliss-reactive ketones (excluding diaryl/α,β-unsaturated/α-hetero) is 1. The minimum atomic E-state index is -0.0442. The maximum Gasteiger partial charge on any atom is 0.134 e. The molecule has 264 valence electrons. The Hall–Kier alpha value is -2.12. The molecule has 1 aromatic rings. The van der Waals surface area contributed by atoms with Crippen molar-refractivity contribution in [2.24, 2.45) is 29.5 Å². The van der Waals surface area contributed by atoms with Gasteiger partial charge < -0.3 is 14.9 Å². The molecule has 0 aromatic heterocycles. The zero-order valence-corrected chi connectivity index (χ0v) is 31.4. The highest BCUT2D eigenvalue weighted by molar-refractivity contribution is 7.94. The molecule has 1 aliphatic rings. The van der Waals surface area contributed by atoms with Gasteiger partial charge in [0.05, 0.1) is 0 Å². The standard InChI is InChI=1S/C41H67N3O2S/c1-8-11-12-13-35-16-19-39(20-17-35)34(7)30-44(42)25-24-43-23-22-36-18-21-41(47-46)29-40(45)28-38(10-3)37(9-2)26-31(4)14-15-32(5)33(6)27-36/h14-17,19-20,26,30,33,36-38,41,43,46H,5,8-13,18,21-25,27-29,42H2,1-4,6-7H3/b15-14+,31-26+,34-30+/t33-,36+,37+,38+,41-/m1/s1. The van der Waals surface area contributed by atoms with Crippen LogP contribution in [-0.2, 0) is 11.2 Å². The lowest BCUT2D eigenvalue weighted by atomic mass is 9.81. The van der Waals surface area contributed by atoms with E-state index in [0.717, 1.165) is 82.2 Å². The molecule has 6 heteroatoms. The summed E-state index contributed by atoms with van der Waals surface area (Å²) in [6, 6.07) is 8.89. The summed E-state index contributed by atoms with van der Waals surface area (Å²) in [6.07, 6.45) is 20.7. The second kappa shape index (κ2) is 23.3. The Labute approximate surface area is 292 Å². The van der Waals surface area contributed by atoms with Gasteiger partial charge in [0.15, 0.2) is 0 Å². The van der Waals surface area contributed by atoms with E-state index in [1.165, 1.54) is 41.5 Å². The molecule has 0 saturated carbocycles. The first kappa shape index (κ1) is 41.1. The SMILES string of the molecule is C=C1/C=C/C(C)=C/[C@H](CC)[C@@H](CC)CC(=O)C[C@H](SO)CC[C@@H](CCNCCN(N)/C=C(\C)c2ccc(CCCCC)cc2)C[C@H]1C. The van der Waals surface area contributed by atoms with Crippen LogP contribution in [0.25, 0.3) is 5.57 Å². The molecule has 5 atom stereocenters. The van der Waals surface area contributed by atoms with E-state index < -0.39 is 0 Å². The highest BCUT2D eigenvalue weighted by atomic mass is 32.2. The first-order valence-electron chi connectivity index (χ1n) is 18.5. The largest absolute Gasteiger partial charge is 0.330 e. The van der Waals surface area contributed by atoms with Crippen LogP contribution in [-0.4, -0.2) is 40.2 Å². The Morgan fingerprint density at radius 1 is 1.09 bits per heavy atom. The number of benzene rings is 1. The van der Waals surface area contributed by atoms with E-state index in [0.29, 0.717) is 36.5 Å². The van der Waals surface area contributed by atoms with Crippen molar-refractivity contribution in [2.45, 2.75) is 124 Å². The summed E-state index contributed by atoms with van der Waals surface area (Å²) in [5, 5.41) is 5.35. The minimum Gasteiger partial charge on any atom is -0.330 e. The second-order valence-electron chi connectivity index (χ2n) is 14.1. The fourth-order valence-electron chi connectivity index (χ4n) is 6.80. The van der Waals surface area contributed by atoms with Crippen LogP contribution in [0.5, 0.6) is 0 Å². The fourth-order valence-corrected chi connectivity index (χ4v) is 7.30. The molecule has 0 spiro atoms. The van der Waals surface area contributed by atoms with Gasteiger partial charge in [-0.25, -0.2) is 5.84 Å². The number of rotatable bonds is 15. The van der Waals surface area contributed by atoms with Crippen molar-refractivity contribution in [3.63, 3.8) is 0 Å². The Morgan fingerprint density at radius 2 is 1.83 bits per heavy atom. The first-order chi connectivity index (χ1) is 22.6. The van der Waals surface area contributed by atoms with Crippen molar-refractivity contribution in [1.29, 1.82) is 0 Å². The molecular formula is C41H67N3O2S. The van der Waals surface area contributed by atoms with Crippen molar-refractivity contribution in [3.8, 4) is 0 Å². The molecule has 4 N–H and O–H groups in total. The van der Waals surface area contributed by atoms with E-state index in [-0.39, 0.29) is 11.0 Å². The number of hydrogen-bond acceptors (Lipinski definition) is 6. The lowest BCUT2D eigenvalue weighted by Crippen LogP contribution is -2.34. The number of nitrogens with zero attached hydrogens (tertiary/aromatic N) is 1. The molecule has 0 bridgehead atoms. The number of unbranched alkanes of at least 4 members (excludes halogenated alkanes) is 2. The summed E-state index contributed by atoms with van der Waals surface area (Å²) < 4.78 is 10.1. The van der Waals surface area contributed by atoms with Crippen LogP contribution in [0.15, 0.2) is 66.4 Å². The second-order valence-corrected chi connectivity index (χ2v) is 14.9. The van der Waals surface area contributed by atoms with Crippen LogP contribution >= 0.6 is 12.0 Å². The van der Waals surface area contributed by atoms with E-state index in [2.05, 4.69) is 95.9 Å². The number of nitrogens with one attached hydrogen (secondary N) is 1. The van der Waals surface area contributed by atoms with Gasteiger partial charge in [0.1, 0.15) is 5.78 Å². The topological polar surface area (TPSA) is 78.6 Å². The Kier molecular flexibility index (Phi) is 20.3. The van der Waals surface area contributed by atoms with Gasteiger partial charge in [-0.15, -0.1) is 0 Å². The predicted molar refractivity (Wildman–Crippen MR) is 206 cm³/mol. The lowest BCUT2D eigenvalue weighted by Gasteiger charge is -2.25. The van der Waals surface area contributed by atoms with Crippen molar-refractivity contribution in [2.75, 3.05) is 19.6 Å². The van der Waals surface area contributed by atoms with Crippen molar-refractivity contribution in [3.05, 3.63) is 77.5 Å². The molecule has 0 fully saturated rings. The summed E-state index contributed by atoms with van der Waals surface area (Å²) in [5.41, 5.74) is 6.18. The van der Waals surface area contributed by atoms with Crippen LogP contribution < -0.4 is 11.2 Å². The van der Waals surface area contributed by atoms with Gasteiger partial charge in [0.25, 0.3) is 0 Å². The van der Waals surface area contributed by atoms with E-state index in [9.17, 15) is 9.35 Å². The molecule has 0 saturated heterocycles. The number of nitrogens with two attached hydrogens (primary N) is 1. The van der Waals surface area contributed by atoms with E-state index in [1.54, 1.807) is 5.01 Å². The highest BCUT2D eigenvalue weighted by Crippen LogP contribution is 2.31. The van der Waals surface area contributed by atoms with Crippen LogP contribution in [0.4, 0.5) is 0 Å². The van der Waals surface area contributed by atoms with Gasteiger partial charge in [0.2, 0.25) is 0 Å². The first-order valence-corrected chi connectivity index (χ1v) is 19.3. The van der Waals surface area contributed by atoms with Gasteiger partial charge in [-0.1, -0.05) is 107 Å². The minimum absolute atomic E-state index is 0.0442. The smallest absolute Gasteiger partial charge is 0.134 e. The van der Waals surface area contributed by atoms with Gasteiger partial charge in [-0.2, -0.15) is 0 Å². The van der Waals surface area contributed by atoms with E-state index >= 15 is 0 Å². The summed E-state index contributed by atoms with van der Waals surface area (Å²) in [7, 11) is 0. The third kappa shape index (κ3) is 16.2. The quantitative estimate of drug-likeness (QED) is 0.0749. The molecule has 0 amide bonds. The Bertz CT molecular complexity index is 1140. The molecule has 47 heavy (non-hydrogen) atoms. The van der Waals surface area contributed by atoms with Crippen LogP contribution in [0, 0.1) is 23.7 Å². The maximum absolute atomic E-state index is 13.1. The third-order valence-corrected chi connectivity index (χ3v) is 10.8. The molecule has 0 unspecified atom stereocenters. The normalized spacial score (nSPS) is 25.7. The Morgan fingerprint density at radius 3 is 2.49 bits per heavy atom. The molecular weight excluding hydrogens is 599 g/mol. The number of hydrogen-bond donors (Lipinski definition) is 3. The number of ketones is 1. The van der Waals surface area contributed by atoms with E-state index in [4.69, 9.17) is 5.84 Å². The average molecular weight is 666 g/mol. The maximum atomic E-state index is 13.1. The number of allylic oxidation sites excluding steroid dienone is 6. The predicted octanol–water partition coefficient (Wildman–Crippen LogP) is 10.4. The number of carbonyl (C=O) groups excluding carboxylic acids is 1. The summed E-state index contributed by atoms with van der Waals surface area (Å²) in [5.74, 6) is 8.20. The highest BCUT2D eigenvalue weighted by Gasteiger charge is 2.24. The van der Waals surface area contributed by atoms with Crippen LogP contribution in [0.1, 0.15) is 123 Å². The summed E-state index contributed by atoms with van der Waals surface area (Å²) >= 11 is 0.877. The van der Waals surface area contributed by atoms with Crippen molar-refractivity contribution >= 4 is 23.4 Å². The molecule has 1 aliphatic carbocycles. The van der Waals surface area contributed by atoms with Gasteiger partial charge in [-0.05, 0) is 118 Å². The monoisotopic (exact) mass is 665 g/mol. The van der Waals surface area contributed by atoms with Crippen LogP contribution in [0.2, 0.25) is 0 Å². The van der Waals surface area contributed by atoms with Gasteiger partial charge in [-0.3, -0.25) is 4.79 Å². The fraction of sp³-hybridized carbons (Fsp3) is 0.634. The van der Waals surface area contributed by atoms with Crippen molar-refractivity contribution in [1.82, 2.24) is 10.3 Å². The summed E-state index contributed by atoms with van der Waals surface area (Å²) in [6.45, 7) is 20.1. The van der Waals surface area contributed by atoms with Crippen LogP contribution in [0.3, 0.4) is 0 Å². The molecule has 5 nitrogen and oxygen atoms in total. The average Bonchev–Trinajstić information content (AvgIpc) is 3.06.